The van der Waals surface area contributed by atoms with E-state index in [0.717, 1.165) is 36.4 Å². The third-order valence-corrected chi connectivity index (χ3v) is 6.61. The number of hydrogen-bond donors (Lipinski definition) is 0. The highest BCUT2D eigenvalue weighted by Gasteiger charge is 2.40. The van der Waals surface area contributed by atoms with Gasteiger partial charge in [-0.2, -0.15) is 13.8 Å². The number of halogens is 2. The molecule has 8 nitrogen and oxygen atoms in total. The van der Waals surface area contributed by atoms with Crippen LogP contribution in [0.2, 0.25) is 0 Å². The third kappa shape index (κ3) is 3.35. The fraction of sp³-hybridized carbons (Fsp3) is 0.409. The van der Waals surface area contributed by atoms with Crippen molar-refractivity contribution >= 4 is 29.4 Å². The van der Waals surface area contributed by atoms with E-state index in [-0.39, 0.29) is 22.3 Å². The van der Waals surface area contributed by atoms with Crippen LogP contribution in [0.15, 0.2) is 41.7 Å². The Morgan fingerprint density at radius 1 is 1.25 bits per heavy atom. The fourth-order valence-electron chi connectivity index (χ4n) is 4.36. The molecule has 168 valence electrons. The van der Waals surface area contributed by atoms with Gasteiger partial charge in [0.05, 0.1) is 13.2 Å². The minimum atomic E-state index is -2.95. The van der Waals surface area contributed by atoms with Gasteiger partial charge >= 0.3 is 12.6 Å². The summed E-state index contributed by atoms with van der Waals surface area (Å²) < 4.78 is 31.6. The number of carbonyl (C=O) groups excluding carboxylic acids is 1. The predicted octanol–water partition coefficient (Wildman–Crippen LogP) is 3.57. The summed E-state index contributed by atoms with van der Waals surface area (Å²) >= 11 is 0. The van der Waals surface area contributed by atoms with Gasteiger partial charge in [0, 0.05) is 44.4 Å². The van der Waals surface area contributed by atoms with Crippen molar-refractivity contribution in [2.24, 2.45) is 4.99 Å². The van der Waals surface area contributed by atoms with E-state index in [1.165, 1.54) is 0 Å². The molecule has 1 aromatic carbocycles. The second kappa shape index (κ2) is 7.70. The number of nitrogens with zero attached hydrogens (tertiary/aromatic N) is 6. The Labute approximate surface area is 184 Å². The Balaban J connectivity index is 1.39. The molecule has 0 N–H and O–H groups in total. The molecule has 0 aliphatic carbocycles. The average molecular weight is 443 g/mol. The zero-order valence-corrected chi connectivity index (χ0v) is 18.0. The Morgan fingerprint density at radius 2 is 2.03 bits per heavy atom. The fourth-order valence-corrected chi connectivity index (χ4v) is 4.36. The number of quaternary nitrogens is 1. The van der Waals surface area contributed by atoms with E-state index in [1.54, 1.807) is 35.8 Å². The molecule has 2 aromatic rings. The number of aromatic nitrogens is 1. The molecule has 0 radical (unpaired) electrons. The quantitative estimate of drug-likeness (QED) is 0.663. The van der Waals surface area contributed by atoms with Gasteiger partial charge in [0.2, 0.25) is 6.34 Å². The van der Waals surface area contributed by atoms with Gasteiger partial charge in [0.1, 0.15) is 12.7 Å². The molecule has 10 heteroatoms. The first-order chi connectivity index (χ1) is 15.4. The summed E-state index contributed by atoms with van der Waals surface area (Å²) in [5.74, 6) is 0.201. The lowest BCUT2D eigenvalue weighted by atomic mass is 9.91. The van der Waals surface area contributed by atoms with E-state index >= 15 is 0 Å². The van der Waals surface area contributed by atoms with Crippen LogP contribution in [0.25, 0.3) is 0 Å². The molecule has 2 amide bonds. The molecule has 4 heterocycles. The number of carbonyl (C=O) groups is 1. The van der Waals surface area contributed by atoms with Crippen LogP contribution < -0.4 is 14.3 Å². The molecule has 0 bridgehead atoms. The molecule has 1 atom stereocenters. The molecule has 2 saturated heterocycles. The Hall–Kier alpha value is -3.27. The third-order valence-electron chi connectivity index (χ3n) is 6.61. The highest BCUT2D eigenvalue weighted by Crippen LogP contribution is 2.42. The molecule has 3 aliphatic rings. The monoisotopic (exact) mass is 443 g/mol. The van der Waals surface area contributed by atoms with Crippen molar-refractivity contribution in [2.75, 3.05) is 45.3 Å². The summed E-state index contributed by atoms with van der Waals surface area (Å²) in [6.07, 6.45) is 6.14. The minimum absolute atomic E-state index is 0.0619. The smallest absolute Gasteiger partial charge is 0.387 e. The lowest BCUT2D eigenvalue weighted by Crippen LogP contribution is -2.57. The maximum atomic E-state index is 13.3. The first-order valence-corrected chi connectivity index (χ1v) is 10.6. The maximum Gasteiger partial charge on any atom is 0.387 e. The summed E-state index contributed by atoms with van der Waals surface area (Å²) in [4.78, 5) is 24.5. The molecular weight excluding hydrogens is 418 g/mol. The maximum absolute atomic E-state index is 13.3. The van der Waals surface area contributed by atoms with Crippen molar-refractivity contribution in [2.45, 2.75) is 19.0 Å². The van der Waals surface area contributed by atoms with Gasteiger partial charge in [0.15, 0.2) is 17.1 Å². The number of alkyl halides is 2. The van der Waals surface area contributed by atoms with Crippen LogP contribution in [0.5, 0.6) is 5.75 Å². The van der Waals surface area contributed by atoms with Gasteiger partial charge in [-0.3, -0.25) is 4.98 Å². The zero-order chi connectivity index (χ0) is 22.5. The SMILES string of the molecule is CN(c1ccc(C2CN(C(=O)N3CCC3)C2)cc1OC(F)F)[N+]1(C)C=Nc2cnccc21. The Bertz CT molecular complexity index is 1070. The van der Waals surface area contributed by atoms with Crippen LogP contribution in [0.3, 0.4) is 0 Å². The second-order valence-corrected chi connectivity index (χ2v) is 8.49. The average Bonchev–Trinajstić information content (AvgIpc) is 3.03. The van der Waals surface area contributed by atoms with Crippen molar-refractivity contribution in [3.05, 3.63) is 42.2 Å². The van der Waals surface area contributed by atoms with Crippen LogP contribution in [0, 0.1) is 0 Å². The molecule has 5 rings (SSSR count). The van der Waals surface area contributed by atoms with Gasteiger partial charge < -0.3 is 14.5 Å². The lowest BCUT2D eigenvalue weighted by Gasteiger charge is -2.44. The standard InChI is InChI=1S/C22H25F2N6O2/c1-27(30(2)14-26-17-11-25-7-6-19(17)30)18-5-4-15(10-20(18)32-21(23)24)16-12-29(13-16)22(31)28-8-3-9-28/h4-7,10-11,14,16,21H,3,8-9,12-13H2,1-2H3/q+1. The van der Waals surface area contributed by atoms with Crippen molar-refractivity contribution in [3.8, 4) is 5.75 Å². The van der Waals surface area contributed by atoms with Gasteiger partial charge in [-0.25, -0.2) is 9.80 Å². The molecule has 1 aromatic heterocycles. The second-order valence-electron chi connectivity index (χ2n) is 8.49. The van der Waals surface area contributed by atoms with Crippen LogP contribution in [0.4, 0.5) is 30.6 Å². The summed E-state index contributed by atoms with van der Waals surface area (Å²) in [5, 5.41) is 1.83. The number of rotatable bonds is 5. The summed E-state index contributed by atoms with van der Waals surface area (Å²) in [7, 11) is 3.73. The number of pyridine rings is 1. The van der Waals surface area contributed by atoms with Gasteiger partial charge in [-0.05, 0) is 24.1 Å². The summed E-state index contributed by atoms with van der Waals surface area (Å²) in [6.45, 7) is -0.157. The Kier molecular flexibility index (Phi) is 4.96. The number of benzene rings is 1. The number of likely N-dealkylation sites (tertiary alicyclic amines) is 2. The number of anilines is 1. The topological polar surface area (TPSA) is 61.3 Å². The molecular formula is C22H25F2N6O2+. The largest absolute Gasteiger partial charge is 0.432 e. The number of urea groups is 1. The first-order valence-electron chi connectivity index (χ1n) is 10.6. The summed E-state index contributed by atoms with van der Waals surface area (Å²) in [5.41, 5.74) is 3.01. The lowest BCUT2D eigenvalue weighted by molar-refractivity contribution is -0.0497. The van der Waals surface area contributed by atoms with E-state index in [0.29, 0.717) is 18.8 Å². The highest BCUT2D eigenvalue weighted by atomic mass is 19.3. The van der Waals surface area contributed by atoms with Gasteiger partial charge in [-0.1, -0.05) is 6.07 Å². The molecule has 0 saturated carbocycles. The van der Waals surface area contributed by atoms with Crippen LogP contribution in [0.1, 0.15) is 17.9 Å². The van der Waals surface area contributed by atoms with E-state index in [4.69, 9.17) is 4.74 Å². The van der Waals surface area contributed by atoms with E-state index in [1.807, 2.05) is 36.1 Å². The van der Waals surface area contributed by atoms with Gasteiger partial charge in [0.25, 0.3) is 0 Å². The number of ether oxygens (including phenoxy) is 1. The molecule has 3 aliphatic heterocycles. The minimum Gasteiger partial charge on any atom is -0.432 e. The number of hydrogen-bond acceptors (Lipinski definition) is 5. The van der Waals surface area contributed by atoms with Crippen LogP contribution in [-0.4, -0.2) is 74.0 Å². The predicted molar refractivity (Wildman–Crippen MR) is 117 cm³/mol. The van der Waals surface area contributed by atoms with Crippen LogP contribution >= 0.6 is 0 Å². The van der Waals surface area contributed by atoms with Gasteiger partial charge in [-0.15, -0.1) is 4.59 Å². The van der Waals surface area contributed by atoms with E-state index in [9.17, 15) is 13.6 Å². The Morgan fingerprint density at radius 3 is 2.72 bits per heavy atom. The molecule has 1 unspecified atom stereocenters. The van der Waals surface area contributed by atoms with Crippen molar-refractivity contribution in [1.82, 2.24) is 19.4 Å². The number of amides is 2. The van der Waals surface area contributed by atoms with E-state index < -0.39 is 6.61 Å². The van der Waals surface area contributed by atoms with Crippen molar-refractivity contribution in [1.29, 1.82) is 0 Å². The molecule has 32 heavy (non-hydrogen) atoms. The number of fused-ring (bicyclic) bond motifs is 1. The van der Waals surface area contributed by atoms with Crippen molar-refractivity contribution < 1.29 is 18.3 Å². The van der Waals surface area contributed by atoms with E-state index in [2.05, 4.69) is 9.98 Å². The highest BCUT2D eigenvalue weighted by molar-refractivity contribution is 5.90. The van der Waals surface area contributed by atoms with Crippen molar-refractivity contribution in [3.63, 3.8) is 0 Å². The summed E-state index contributed by atoms with van der Waals surface area (Å²) in [6, 6.07) is 7.31. The van der Waals surface area contributed by atoms with Crippen LogP contribution in [-0.2, 0) is 0 Å². The zero-order valence-electron chi connectivity index (χ0n) is 18.0. The number of aliphatic imine (C=N–C) groups is 1. The molecule has 2 fully saturated rings. The molecule has 0 spiro atoms. The normalized spacial score (nSPS) is 21.9. The first kappa shape index (κ1) is 20.6.